The quantitative estimate of drug-likeness (QED) is 0.910. The zero-order chi connectivity index (χ0) is 16.2. The number of phenols is 1. The van der Waals surface area contributed by atoms with Crippen LogP contribution in [0.5, 0.6) is 5.75 Å². The number of piperidine rings is 1. The summed E-state index contributed by atoms with van der Waals surface area (Å²) in [7, 11) is 0. The largest absolute Gasteiger partial charge is 0.508 e. The standard InChI is InChI=1S/C20H25NO2/c1-13-19-10-15-4-5-17(22)11-18(15)20(13,3)7-8-21(19)12-16-6-9-23-14(16)2/h4-6,9,11,13,19,22H,7-8,10,12H2,1-3H3/t13-,19-,20-/m0/s1. The highest BCUT2D eigenvalue weighted by molar-refractivity contribution is 5.44. The van der Waals surface area contributed by atoms with Crippen LogP contribution in [0.15, 0.2) is 34.9 Å². The molecule has 2 aromatic rings. The highest BCUT2D eigenvalue weighted by atomic mass is 16.3. The SMILES string of the molecule is Cc1occc1CN1CC[C@]2(C)c3cc(O)ccc3C[C@H]1[C@@H]2C. The molecule has 1 aromatic heterocycles. The Morgan fingerprint density at radius 2 is 2.17 bits per heavy atom. The number of furan rings is 1. The maximum Gasteiger partial charge on any atom is 0.115 e. The van der Waals surface area contributed by atoms with Gasteiger partial charge in [0.1, 0.15) is 11.5 Å². The number of rotatable bonds is 2. The van der Waals surface area contributed by atoms with Gasteiger partial charge in [0, 0.05) is 18.2 Å². The zero-order valence-corrected chi connectivity index (χ0v) is 14.2. The molecule has 122 valence electrons. The lowest BCUT2D eigenvalue weighted by molar-refractivity contribution is 0.0255. The summed E-state index contributed by atoms with van der Waals surface area (Å²) in [6, 6.07) is 8.60. The highest BCUT2D eigenvalue weighted by Crippen LogP contribution is 2.49. The fourth-order valence-electron chi connectivity index (χ4n) is 4.69. The molecule has 23 heavy (non-hydrogen) atoms. The van der Waals surface area contributed by atoms with E-state index in [1.54, 1.807) is 6.26 Å². The fraction of sp³-hybridized carbons (Fsp3) is 0.500. The maximum absolute atomic E-state index is 9.92. The van der Waals surface area contributed by atoms with Crippen LogP contribution in [0, 0.1) is 12.8 Å². The summed E-state index contributed by atoms with van der Waals surface area (Å²) in [5.74, 6) is 2.01. The molecule has 1 N–H and O–H groups in total. The van der Waals surface area contributed by atoms with Gasteiger partial charge in [0.05, 0.1) is 6.26 Å². The van der Waals surface area contributed by atoms with E-state index in [0.29, 0.717) is 17.7 Å². The molecule has 2 heterocycles. The summed E-state index contributed by atoms with van der Waals surface area (Å²) in [6.07, 6.45) is 4.00. The number of likely N-dealkylation sites (tertiary alicyclic amines) is 1. The minimum absolute atomic E-state index is 0.166. The average Bonchev–Trinajstić information content (AvgIpc) is 2.92. The van der Waals surface area contributed by atoms with Gasteiger partial charge in [0.2, 0.25) is 0 Å². The van der Waals surface area contributed by atoms with E-state index in [4.69, 9.17) is 4.42 Å². The Balaban J connectivity index is 1.68. The first-order valence-electron chi connectivity index (χ1n) is 8.58. The molecule has 3 nitrogen and oxygen atoms in total. The molecule has 2 aliphatic rings. The van der Waals surface area contributed by atoms with Crippen LogP contribution < -0.4 is 0 Å². The molecule has 1 aromatic carbocycles. The minimum atomic E-state index is 0.166. The van der Waals surface area contributed by atoms with E-state index in [0.717, 1.165) is 31.7 Å². The molecule has 0 spiro atoms. The first-order chi connectivity index (χ1) is 11.0. The van der Waals surface area contributed by atoms with Gasteiger partial charge in [-0.15, -0.1) is 0 Å². The second-order valence-corrected chi connectivity index (χ2v) is 7.54. The van der Waals surface area contributed by atoms with E-state index in [1.807, 2.05) is 19.1 Å². The third-order valence-corrected chi connectivity index (χ3v) is 6.45. The Labute approximate surface area is 137 Å². The summed E-state index contributed by atoms with van der Waals surface area (Å²) < 4.78 is 5.47. The van der Waals surface area contributed by atoms with Crippen molar-refractivity contribution in [3.63, 3.8) is 0 Å². The summed E-state index contributed by atoms with van der Waals surface area (Å²) in [5.41, 5.74) is 4.23. The van der Waals surface area contributed by atoms with Crippen LogP contribution in [0.3, 0.4) is 0 Å². The molecule has 1 aliphatic carbocycles. The van der Waals surface area contributed by atoms with Gasteiger partial charge in [-0.3, -0.25) is 4.90 Å². The van der Waals surface area contributed by atoms with Gasteiger partial charge in [0.25, 0.3) is 0 Å². The first kappa shape index (κ1) is 14.8. The molecule has 3 atom stereocenters. The van der Waals surface area contributed by atoms with Crippen molar-refractivity contribution in [1.29, 1.82) is 0 Å². The second kappa shape index (κ2) is 5.13. The molecular formula is C20H25NO2. The molecule has 1 saturated heterocycles. The van der Waals surface area contributed by atoms with Gasteiger partial charge in [-0.2, -0.15) is 0 Å². The van der Waals surface area contributed by atoms with Gasteiger partial charge < -0.3 is 9.52 Å². The molecule has 0 amide bonds. The normalized spacial score (nSPS) is 30.2. The van der Waals surface area contributed by atoms with Crippen molar-refractivity contribution in [3.05, 3.63) is 53.0 Å². The Morgan fingerprint density at radius 1 is 1.35 bits per heavy atom. The molecule has 4 rings (SSSR count). The van der Waals surface area contributed by atoms with Crippen molar-refractivity contribution in [3.8, 4) is 5.75 Å². The van der Waals surface area contributed by atoms with Crippen molar-refractivity contribution in [1.82, 2.24) is 4.90 Å². The average molecular weight is 311 g/mol. The number of aromatic hydroxyl groups is 1. The van der Waals surface area contributed by atoms with Crippen molar-refractivity contribution in [2.24, 2.45) is 5.92 Å². The molecule has 0 saturated carbocycles. The lowest BCUT2D eigenvalue weighted by Gasteiger charge is -2.54. The van der Waals surface area contributed by atoms with Crippen molar-refractivity contribution in [2.75, 3.05) is 6.54 Å². The van der Waals surface area contributed by atoms with Crippen LogP contribution in [-0.4, -0.2) is 22.6 Å². The molecule has 2 bridgehead atoms. The van der Waals surface area contributed by atoms with Crippen LogP contribution in [0.1, 0.15) is 42.7 Å². The minimum Gasteiger partial charge on any atom is -0.508 e. The van der Waals surface area contributed by atoms with E-state index < -0.39 is 0 Å². The number of phenolic OH excluding ortho intramolecular Hbond substituents is 1. The lowest BCUT2D eigenvalue weighted by Crippen LogP contribution is -2.57. The van der Waals surface area contributed by atoms with Crippen LogP contribution in [0.2, 0.25) is 0 Å². The van der Waals surface area contributed by atoms with Gasteiger partial charge in [-0.25, -0.2) is 0 Å². The number of nitrogens with zero attached hydrogens (tertiary/aromatic N) is 1. The van der Waals surface area contributed by atoms with E-state index in [-0.39, 0.29) is 5.41 Å². The summed E-state index contributed by atoms with van der Waals surface area (Å²) in [5, 5.41) is 9.92. The molecule has 0 unspecified atom stereocenters. The van der Waals surface area contributed by atoms with E-state index in [9.17, 15) is 5.11 Å². The molecule has 0 radical (unpaired) electrons. The van der Waals surface area contributed by atoms with Crippen LogP contribution >= 0.6 is 0 Å². The molecule has 3 heteroatoms. The predicted molar refractivity (Wildman–Crippen MR) is 90.6 cm³/mol. The maximum atomic E-state index is 9.92. The topological polar surface area (TPSA) is 36.6 Å². The Kier molecular flexibility index (Phi) is 3.31. The number of hydrogen-bond acceptors (Lipinski definition) is 3. The van der Waals surface area contributed by atoms with E-state index in [1.165, 1.54) is 16.7 Å². The number of fused-ring (bicyclic) bond motifs is 4. The fourth-order valence-corrected chi connectivity index (χ4v) is 4.69. The number of benzene rings is 1. The van der Waals surface area contributed by atoms with Gasteiger partial charge in [0.15, 0.2) is 0 Å². The number of hydrogen-bond donors (Lipinski definition) is 1. The van der Waals surface area contributed by atoms with Gasteiger partial charge in [-0.05, 0) is 67.0 Å². The summed E-state index contributed by atoms with van der Waals surface area (Å²) in [4.78, 5) is 2.63. The van der Waals surface area contributed by atoms with Gasteiger partial charge >= 0.3 is 0 Å². The molecule has 1 fully saturated rings. The first-order valence-corrected chi connectivity index (χ1v) is 8.58. The Hall–Kier alpha value is -1.74. The van der Waals surface area contributed by atoms with Crippen LogP contribution in [-0.2, 0) is 18.4 Å². The summed E-state index contributed by atoms with van der Waals surface area (Å²) in [6.45, 7) is 8.88. The van der Waals surface area contributed by atoms with Crippen LogP contribution in [0.4, 0.5) is 0 Å². The third-order valence-electron chi connectivity index (χ3n) is 6.45. The predicted octanol–water partition coefficient (Wildman–Crippen LogP) is 4.02. The van der Waals surface area contributed by atoms with Gasteiger partial charge in [-0.1, -0.05) is 19.9 Å². The van der Waals surface area contributed by atoms with Crippen molar-refractivity contribution >= 4 is 0 Å². The zero-order valence-electron chi connectivity index (χ0n) is 14.2. The Morgan fingerprint density at radius 3 is 2.91 bits per heavy atom. The highest BCUT2D eigenvalue weighted by Gasteiger charge is 2.48. The monoisotopic (exact) mass is 311 g/mol. The lowest BCUT2D eigenvalue weighted by atomic mass is 9.59. The Bertz CT molecular complexity index is 735. The second-order valence-electron chi connectivity index (χ2n) is 7.54. The molecule has 1 aliphatic heterocycles. The molecular weight excluding hydrogens is 286 g/mol. The third kappa shape index (κ3) is 2.21. The smallest absolute Gasteiger partial charge is 0.115 e. The number of aryl methyl sites for hydroxylation is 1. The van der Waals surface area contributed by atoms with E-state index >= 15 is 0 Å². The van der Waals surface area contributed by atoms with Crippen LogP contribution in [0.25, 0.3) is 0 Å². The summed E-state index contributed by atoms with van der Waals surface area (Å²) >= 11 is 0. The van der Waals surface area contributed by atoms with Crippen molar-refractivity contribution in [2.45, 2.75) is 51.6 Å². The van der Waals surface area contributed by atoms with E-state index in [2.05, 4.69) is 30.9 Å². The van der Waals surface area contributed by atoms with Crippen molar-refractivity contribution < 1.29 is 9.52 Å².